The number of hydrogen-bond donors (Lipinski definition) is 2. The van der Waals surface area contributed by atoms with Gasteiger partial charge in [0.15, 0.2) is 0 Å². The zero-order chi connectivity index (χ0) is 5.98. The summed E-state index contributed by atoms with van der Waals surface area (Å²) in [6.07, 6.45) is 2.81. The van der Waals surface area contributed by atoms with E-state index in [4.69, 9.17) is 5.11 Å². The quantitative estimate of drug-likeness (QED) is 0.487. The Morgan fingerprint density at radius 2 is 2.62 bits per heavy atom. The summed E-state index contributed by atoms with van der Waals surface area (Å²) in [4.78, 5) is 0. The lowest BCUT2D eigenvalue weighted by atomic mass is 10.1. The van der Waals surface area contributed by atoms with Crippen molar-refractivity contribution in [2.45, 2.75) is 19.4 Å². The van der Waals surface area contributed by atoms with E-state index in [9.17, 15) is 0 Å². The van der Waals surface area contributed by atoms with Gasteiger partial charge in [-0.25, -0.2) is 0 Å². The van der Waals surface area contributed by atoms with Crippen LogP contribution in [0.25, 0.3) is 0 Å². The molecule has 1 rings (SSSR count). The number of hydrogen-bond acceptors (Lipinski definition) is 2. The third-order valence-corrected chi connectivity index (χ3v) is 1.34. The van der Waals surface area contributed by atoms with Gasteiger partial charge in [-0.05, 0) is 19.4 Å². The molecule has 0 aliphatic carbocycles. The van der Waals surface area contributed by atoms with Crippen molar-refractivity contribution in [3.8, 4) is 0 Å². The normalized spacial score (nSPS) is 29.6. The molecular weight excluding hydrogens is 102 g/mol. The van der Waals surface area contributed by atoms with Gasteiger partial charge in [0.1, 0.15) is 5.76 Å². The van der Waals surface area contributed by atoms with Crippen LogP contribution >= 0.6 is 0 Å². The van der Waals surface area contributed by atoms with E-state index in [0.29, 0.717) is 18.3 Å². The summed E-state index contributed by atoms with van der Waals surface area (Å²) in [6.45, 7) is 2.74. The van der Waals surface area contributed by atoms with E-state index in [1.165, 1.54) is 0 Å². The van der Waals surface area contributed by atoms with Crippen LogP contribution in [0.2, 0.25) is 0 Å². The molecule has 1 aliphatic heterocycles. The molecule has 46 valence electrons. The van der Waals surface area contributed by atoms with E-state index < -0.39 is 0 Å². The Labute approximate surface area is 49.2 Å². The molecule has 0 radical (unpaired) electrons. The maximum absolute atomic E-state index is 8.83. The minimum absolute atomic E-state index is 0.475. The maximum Gasteiger partial charge on any atom is 0.102 e. The minimum atomic E-state index is 0.475. The molecule has 1 atom stereocenters. The van der Waals surface area contributed by atoms with Crippen LogP contribution < -0.4 is 5.32 Å². The second-order valence-electron chi connectivity index (χ2n) is 2.21. The summed E-state index contributed by atoms with van der Waals surface area (Å²) in [5.41, 5.74) is 0. The molecule has 0 saturated heterocycles. The lowest BCUT2D eigenvalue weighted by molar-refractivity contribution is 0.359. The fourth-order valence-electron chi connectivity index (χ4n) is 0.747. The summed E-state index contributed by atoms with van der Waals surface area (Å²) >= 11 is 0. The van der Waals surface area contributed by atoms with E-state index >= 15 is 0 Å². The van der Waals surface area contributed by atoms with Crippen molar-refractivity contribution in [2.24, 2.45) is 0 Å². The van der Waals surface area contributed by atoms with Crippen molar-refractivity contribution in [2.75, 3.05) is 6.54 Å². The van der Waals surface area contributed by atoms with E-state index in [1.54, 1.807) is 0 Å². The molecule has 0 aromatic carbocycles. The van der Waals surface area contributed by atoms with E-state index in [-0.39, 0.29) is 0 Å². The highest BCUT2D eigenvalue weighted by Gasteiger charge is 2.05. The van der Waals surface area contributed by atoms with Crippen molar-refractivity contribution in [1.29, 1.82) is 0 Å². The van der Waals surface area contributed by atoms with Crippen molar-refractivity contribution in [1.82, 2.24) is 5.32 Å². The smallest absolute Gasteiger partial charge is 0.102 e. The zero-order valence-corrected chi connectivity index (χ0v) is 5.02. The highest BCUT2D eigenvalue weighted by atomic mass is 16.3. The summed E-state index contributed by atoms with van der Waals surface area (Å²) < 4.78 is 0. The van der Waals surface area contributed by atoms with Crippen LogP contribution in [0.4, 0.5) is 0 Å². The number of nitrogens with one attached hydrogen (secondary N) is 1. The lowest BCUT2D eigenvalue weighted by Gasteiger charge is -2.15. The summed E-state index contributed by atoms with van der Waals surface area (Å²) in [7, 11) is 0. The average molecular weight is 113 g/mol. The molecule has 0 bridgehead atoms. The Kier molecular flexibility index (Phi) is 1.53. The maximum atomic E-state index is 8.83. The fraction of sp³-hybridized carbons (Fsp3) is 0.667. The first kappa shape index (κ1) is 5.63. The molecule has 0 aromatic rings. The molecule has 0 spiro atoms. The van der Waals surface area contributed by atoms with Crippen molar-refractivity contribution in [3.63, 3.8) is 0 Å². The molecular formula is C6H11NO. The average Bonchev–Trinajstić information content (AvgIpc) is 1.77. The zero-order valence-electron chi connectivity index (χ0n) is 5.02. The van der Waals surface area contributed by atoms with Gasteiger partial charge in [0, 0.05) is 6.04 Å². The van der Waals surface area contributed by atoms with Gasteiger partial charge in [-0.2, -0.15) is 0 Å². The van der Waals surface area contributed by atoms with Gasteiger partial charge in [0.2, 0.25) is 0 Å². The van der Waals surface area contributed by atoms with Crippen LogP contribution in [0.5, 0.6) is 0 Å². The van der Waals surface area contributed by atoms with Gasteiger partial charge in [0.05, 0.1) is 6.54 Å². The van der Waals surface area contributed by atoms with Gasteiger partial charge in [-0.15, -0.1) is 0 Å². The minimum Gasteiger partial charge on any atom is -0.511 e. The van der Waals surface area contributed by atoms with Gasteiger partial charge in [-0.3, -0.25) is 0 Å². The number of rotatable bonds is 0. The third kappa shape index (κ3) is 1.23. The van der Waals surface area contributed by atoms with Gasteiger partial charge < -0.3 is 10.4 Å². The fourth-order valence-corrected chi connectivity index (χ4v) is 0.747. The lowest BCUT2D eigenvalue weighted by Crippen LogP contribution is -2.30. The highest BCUT2D eigenvalue weighted by Crippen LogP contribution is 2.01. The van der Waals surface area contributed by atoms with Crippen LogP contribution in [0.15, 0.2) is 11.8 Å². The molecule has 1 aliphatic rings. The second kappa shape index (κ2) is 2.18. The largest absolute Gasteiger partial charge is 0.511 e. The monoisotopic (exact) mass is 113 g/mol. The first-order valence-electron chi connectivity index (χ1n) is 2.90. The first-order chi connectivity index (χ1) is 3.79. The predicted molar refractivity (Wildman–Crippen MR) is 32.8 cm³/mol. The van der Waals surface area contributed by atoms with Gasteiger partial charge in [-0.1, -0.05) is 0 Å². The number of aliphatic hydroxyl groups is 1. The van der Waals surface area contributed by atoms with Crippen LogP contribution in [0.1, 0.15) is 13.3 Å². The Morgan fingerprint density at radius 1 is 1.88 bits per heavy atom. The van der Waals surface area contributed by atoms with Gasteiger partial charge >= 0.3 is 0 Å². The van der Waals surface area contributed by atoms with Crippen LogP contribution in [-0.4, -0.2) is 17.7 Å². The van der Waals surface area contributed by atoms with Crippen molar-refractivity contribution >= 4 is 0 Å². The Bertz CT molecular complexity index is 109. The van der Waals surface area contributed by atoms with Crippen molar-refractivity contribution < 1.29 is 5.11 Å². The molecule has 8 heavy (non-hydrogen) atoms. The van der Waals surface area contributed by atoms with Crippen LogP contribution in [0.3, 0.4) is 0 Å². The molecule has 1 unspecified atom stereocenters. The summed E-state index contributed by atoms with van der Waals surface area (Å²) in [6, 6.07) is 0.533. The summed E-state index contributed by atoms with van der Waals surface area (Å²) in [5, 5.41) is 11.9. The van der Waals surface area contributed by atoms with Crippen LogP contribution in [-0.2, 0) is 0 Å². The molecule has 1 heterocycles. The molecule has 2 nitrogen and oxygen atoms in total. The van der Waals surface area contributed by atoms with Crippen molar-refractivity contribution in [3.05, 3.63) is 11.8 Å². The van der Waals surface area contributed by atoms with E-state index in [1.807, 2.05) is 6.08 Å². The molecule has 2 N–H and O–H groups in total. The molecule has 2 heteroatoms. The molecule has 0 fully saturated rings. The molecule has 0 saturated carbocycles. The standard InChI is InChI=1S/C6H11NO/c1-5-2-3-6(8)4-7-5/h3,5,7-8H,2,4H2,1H3. The third-order valence-electron chi connectivity index (χ3n) is 1.34. The number of aliphatic hydroxyl groups excluding tert-OH is 1. The highest BCUT2D eigenvalue weighted by molar-refractivity contribution is 4.99. The van der Waals surface area contributed by atoms with Crippen LogP contribution in [0, 0.1) is 0 Å². The molecule has 0 aromatic heterocycles. The van der Waals surface area contributed by atoms with E-state index in [0.717, 1.165) is 6.42 Å². The Hall–Kier alpha value is -0.500. The first-order valence-corrected chi connectivity index (χ1v) is 2.90. The second-order valence-corrected chi connectivity index (χ2v) is 2.21. The predicted octanol–water partition coefficient (Wildman–Crippen LogP) is 0.810. The molecule has 0 amide bonds. The summed E-state index contributed by atoms with van der Waals surface area (Å²) in [5.74, 6) is 0.475. The topological polar surface area (TPSA) is 32.3 Å². The Morgan fingerprint density at radius 3 is 3.00 bits per heavy atom. The SMILES string of the molecule is CC1CC=C(O)CN1. The van der Waals surface area contributed by atoms with Gasteiger partial charge in [0.25, 0.3) is 0 Å². The van der Waals surface area contributed by atoms with E-state index in [2.05, 4.69) is 12.2 Å². The Balaban J connectivity index is 2.42.